The molecule has 1 amide bonds. The predicted octanol–water partition coefficient (Wildman–Crippen LogP) is 4.09. The van der Waals surface area contributed by atoms with E-state index in [0.29, 0.717) is 11.3 Å². The Morgan fingerprint density at radius 1 is 1.23 bits per heavy atom. The van der Waals surface area contributed by atoms with Crippen molar-refractivity contribution in [2.45, 2.75) is 32.7 Å². The lowest BCUT2D eigenvalue weighted by atomic mass is 10.0. The van der Waals surface area contributed by atoms with E-state index in [1.165, 1.54) is 5.56 Å². The maximum absolute atomic E-state index is 12.3. The lowest BCUT2D eigenvalue weighted by Crippen LogP contribution is -2.33. The zero-order valence-corrected chi connectivity index (χ0v) is 14.5. The minimum Gasteiger partial charge on any atom is -0.399 e. The summed E-state index contributed by atoms with van der Waals surface area (Å²) < 4.78 is 1.08. The van der Waals surface area contributed by atoms with E-state index in [2.05, 4.69) is 33.4 Å². The number of hydrogen-bond donors (Lipinski definition) is 2. The van der Waals surface area contributed by atoms with E-state index < -0.39 is 0 Å². The molecule has 0 saturated heterocycles. The van der Waals surface area contributed by atoms with Crippen LogP contribution in [0.3, 0.4) is 0 Å². The smallest absolute Gasteiger partial charge is 0.251 e. The van der Waals surface area contributed by atoms with E-state index >= 15 is 0 Å². The van der Waals surface area contributed by atoms with Crippen LogP contribution < -0.4 is 11.1 Å². The molecule has 2 aromatic rings. The molecule has 0 spiro atoms. The molecular weight excluding hydrogens is 340 g/mol. The summed E-state index contributed by atoms with van der Waals surface area (Å²) in [4.78, 5) is 12.3. The van der Waals surface area contributed by atoms with Crippen LogP contribution >= 0.6 is 15.9 Å². The summed E-state index contributed by atoms with van der Waals surface area (Å²) >= 11 is 3.43. The molecule has 0 aliphatic heterocycles. The number of carbonyl (C=O) groups excluding carboxylic acids is 1. The van der Waals surface area contributed by atoms with Crippen molar-refractivity contribution in [3.05, 3.63) is 63.6 Å². The van der Waals surface area contributed by atoms with E-state index in [9.17, 15) is 4.79 Å². The summed E-state index contributed by atoms with van der Waals surface area (Å²) in [6.45, 7) is 3.94. The van der Waals surface area contributed by atoms with Gasteiger partial charge in [0.05, 0.1) is 0 Å². The van der Waals surface area contributed by atoms with E-state index in [4.69, 9.17) is 5.73 Å². The molecule has 0 aliphatic rings. The minimum absolute atomic E-state index is 0.0619. The summed E-state index contributed by atoms with van der Waals surface area (Å²) in [6.07, 6.45) is 1.83. The highest BCUT2D eigenvalue weighted by atomic mass is 79.9. The van der Waals surface area contributed by atoms with Gasteiger partial charge in [-0.05, 0) is 62.1 Å². The summed E-state index contributed by atoms with van der Waals surface area (Å²) in [5.74, 6) is -0.0619. The van der Waals surface area contributed by atoms with Crippen molar-refractivity contribution in [3.8, 4) is 0 Å². The molecule has 0 aromatic heterocycles. The second-order valence-corrected chi connectivity index (χ2v) is 6.53. The van der Waals surface area contributed by atoms with Crippen LogP contribution in [0.4, 0.5) is 5.69 Å². The third-order valence-corrected chi connectivity index (χ3v) is 4.19. The number of rotatable bonds is 5. The molecule has 0 bridgehead atoms. The first-order valence-electron chi connectivity index (χ1n) is 7.37. The molecule has 116 valence electrons. The van der Waals surface area contributed by atoms with E-state index in [0.717, 1.165) is 22.9 Å². The maximum atomic E-state index is 12.3. The second kappa shape index (κ2) is 7.45. The number of benzene rings is 2. The van der Waals surface area contributed by atoms with Crippen LogP contribution in [0.1, 0.15) is 34.8 Å². The number of anilines is 1. The van der Waals surface area contributed by atoms with Gasteiger partial charge >= 0.3 is 0 Å². The van der Waals surface area contributed by atoms with Gasteiger partial charge in [-0.2, -0.15) is 0 Å². The zero-order valence-electron chi connectivity index (χ0n) is 12.9. The highest BCUT2D eigenvalue weighted by Gasteiger charge is 2.12. The molecule has 4 heteroatoms. The fourth-order valence-electron chi connectivity index (χ4n) is 2.29. The fraction of sp³-hybridized carbons (Fsp3) is 0.278. The summed E-state index contributed by atoms with van der Waals surface area (Å²) in [5.41, 5.74) is 9.22. The minimum atomic E-state index is -0.0619. The first-order chi connectivity index (χ1) is 10.5. The number of halogens is 1. The SMILES string of the molecule is Cc1ccc(N)cc1C(=O)NC(C)CCc1ccc(Br)cc1. The quantitative estimate of drug-likeness (QED) is 0.788. The maximum Gasteiger partial charge on any atom is 0.251 e. The number of hydrogen-bond acceptors (Lipinski definition) is 2. The van der Waals surface area contributed by atoms with Crippen LogP contribution in [0.5, 0.6) is 0 Å². The van der Waals surface area contributed by atoms with Crippen LogP contribution in [0, 0.1) is 6.92 Å². The standard InChI is InChI=1S/C18H21BrN2O/c1-12-3-10-16(20)11-17(12)18(22)21-13(2)4-5-14-6-8-15(19)9-7-14/h3,6-11,13H,4-5,20H2,1-2H3,(H,21,22). The number of nitrogen functional groups attached to an aromatic ring is 1. The van der Waals surface area contributed by atoms with Crippen molar-refractivity contribution in [2.75, 3.05) is 5.73 Å². The molecule has 0 saturated carbocycles. The molecule has 2 aromatic carbocycles. The monoisotopic (exact) mass is 360 g/mol. The molecule has 1 atom stereocenters. The molecule has 3 N–H and O–H groups in total. The first-order valence-corrected chi connectivity index (χ1v) is 8.16. The molecule has 0 fully saturated rings. The van der Waals surface area contributed by atoms with Crippen LogP contribution in [0.2, 0.25) is 0 Å². The lowest BCUT2D eigenvalue weighted by molar-refractivity contribution is 0.0938. The molecule has 2 rings (SSSR count). The third-order valence-electron chi connectivity index (χ3n) is 3.66. The molecule has 1 unspecified atom stereocenters. The topological polar surface area (TPSA) is 55.1 Å². The van der Waals surface area contributed by atoms with Crippen LogP contribution in [-0.4, -0.2) is 11.9 Å². The molecule has 0 heterocycles. The van der Waals surface area contributed by atoms with E-state index in [-0.39, 0.29) is 11.9 Å². The number of aryl methyl sites for hydroxylation is 2. The highest BCUT2D eigenvalue weighted by Crippen LogP contribution is 2.14. The fourth-order valence-corrected chi connectivity index (χ4v) is 2.56. The average molecular weight is 361 g/mol. The van der Waals surface area contributed by atoms with Crippen LogP contribution in [0.25, 0.3) is 0 Å². The Morgan fingerprint density at radius 2 is 1.91 bits per heavy atom. The van der Waals surface area contributed by atoms with Crippen LogP contribution in [0.15, 0.2) is 46.9 Å². The van der Waals surface area contributed by atoms with E-state index in [1.54, 1.807) is 6.07 Å². The Kier molecular flexibility index (Phi) is 5.61. The average Bonchev–Trinajstić information content (AvgIpc) is 2.49. The second-order valence-electron chi connectivity index (χ2n) is 5.61. The number of nitrogens with two attached hydrogens (primary N) is 1. The van der Waals surface area contributed by atoms with Gasteiger partial charge in [0.25, 0.3) is 5.91 Å². The van der Waals surface area contributed by atoms with Crippen molar-refractivity contribution in [1.82, 2.24) is 5.32 Å². The van der Waals surface area contributed by atoms with Gasteiger partial charge in [0.15, 0.2) is 0 Å². The zero-order chi connectivity index (χ0) is 16.1. The van der Waals surface area contributed by atoms with Gasteiger partial charge in [-0.15, -0.1) is 0 Å². The first kappa shape index (κ1) is 16.6. The Balaban J connectivity index is 1.91. The molecule has 22 heavy (non-hydrogen) atoms. The Hall–Kier alpha value is -1.81. The lowest BCUT2D eigenvalue weighted by Gasteiger charge is -2.15. The number of amides is 1. The van der Waals surface area contributed by atoms with Crippen molar-refractivity contribution in [1.29, 1.82) is 0 Å². The largest absolute Gasteiger partial charge is 0.399 e. The van der Waals surface area contributed by atoms with E-state index in [1.807, 2.05) is 38.1 Å². The molecule has 3 nitrogen and oxygen atoms in total. The summed E-state index contributed by atoms with van der Waals surface area (Å²) in [6, 6.07) is 13.8. The molecule has 0 aliphatic carbocycles. The van der Waals surface area contributed by atoms with Gasteiger partial charge in [0, 0.05) is 21.8 Å². The van der Waals surface area contributed by atoms with Gasteiger partial charge in [0.1, 0.15) is 0 Å². The van der Waals surface area contributed by atoms with Crippen molar-refractivity contribution < 1.29 is 4.79 Å². The van der Waals surface area contributed by atoms with Crippen molar-refractivity contribution in [2.24, 2.45) is 0 Å². The van der Waals surface area contributed by atoms with Gasteiger partial charge < -0.3 is 11.1 Å². The summed E-state index contributed by atoms with van der Waals surface area (Å²) in [7, 11) is 0. The number of nitrogens with one attached hydrogen (secondary N) is 1. The Labute approximate surface area is 140 Å². The van der Waals surface area contributed by atoms with Crippen molar-refractivity contribution in [3.63, 3.8) is 0 Å². The van der Waals surface area contributed by atoms with Crippen molar-refractivity contribution >= 4 is 27.5 Å². The molecule has 0 radical (unpaired) electrons. The van der Waals surface area contributed by atoms with Crippen LogP contribution in [-0.2, 0) is 6.42 Å². The highest BCUT2D eigenvalue weighted by molar-refractivity contribution is 9.10. The van der Waals surface area contributed by atoms with Gasteiger partial charge in [-0.25, -0.2) is 0 Å². The van der Waals surface area contributed by atoms with Gasteiger partial charge in [0.2, 0.25) is 0 Å². The third kappa shape index (κ3) is 4.60. The van der Waals surface area contributed by atoms with Gasteiger partial charge in [-0.3, -0.25) is 4.79 Å². The summed E-state index contributed by atoms with van der Waals surface area (Å²) in [5, 5.41) is 3.04. The normalized spacial score (nSPS) is 12.0. The molecular formula is C18H21BrN2O. The Morgan fingerprint density at radius 3 is 2.59 bits per heavy atom. The predicted molar refractivity (Wildman–Crippen MR) is 95.0 cm³/mol. The Bertz CT molecular complexity index is 653. The number of carbonyl (C=O) groups is 1. The van der Waals surface area contributed by atoms with Gasteiger partial charge in [-0.1, -0.05) is 34.1 Å².